The van der Waals surface area contributed by atoms with Crippen molar-refractivity contribution in [1.82, 2.24) is 5.32 Å². The molecule has 1 saturated heterocycles. The average Bonchev–Trinajstić information content (AvgIpc) is 3.38. The van der Waals surface area contributed by atoms with Gasteiger partial charge in [-0.15, -0.1) is 0 Å². The van der Waals surface area contributed by atoms with Gasteiger partial charge >= 0.3 is 0 Å². The number of nitrogens with one attached hydrogen (secondary N) is 1. The second kappa shape index (κ2) is 7.91. The van der Waals surface area contributed by atoms with E-state index < -0.39 is 0 Å². The summed E-state index contributed by atoms with van der Waals surface area (Å²) in [5, 5.41) is 4.12. The largest absolute Gasteiger partial charge is 0.464 e. The first-order valence-corrected chi connectivity index (χ1v) is 10.5. The highest BCUT2D eigenvalue weighted by Gasteiger charge is 2.17. The highest BCUT2D eigenvalue weighted by Crippen LogP contribution is 2.30. The van der Waals surface area contributed by atoms with E-state index in [2.05, 4.69) is 46.6 Å². The van der Waals surface area contributed by atoms with E-state index in [9.17, 15) is 4.79 Å². The normalized spacial score (nSPS) is 16.2. The Labute approximate surface area is 170 Å². The topological polar surface area (TPSA) is 54.7 Å². The molecule has 0 unspecified atom stereocenters. The van der Waals surface area contributed by atoms with Crippen molar-refractivity contribution in [3.05, 3.63) is 64.9 Å². The number of hydrogen-bond donors (Lipinski definition) is 1. The van der Waals surface area contributed by atoms with Gasteiger partial charge < -0.3 is 19.4 Å². The Hall–Kier alpha value is -2.79. The van der Waals surface area contributed by atoms with Crippen LogP contribution in [0.5, 0.6) is 0 Å². The van der Waals surface area contributed by atoms with Crippen molar-refractivity contribution in [1.29, 1.82) is 0 Å². The minimum absolute atomic E-state index is 0.0189. The second-order valence-electron chi connectivity index (χ2n) is 7.95. The van der Waals surface area contributed by atoms with Gasteiger partial charge in [0, 0.05) is 36.3 Å². The Morgan fingerprint density at radius 3 is 2.59 bits per heavy atom. The van der Waals surface area contributed by atoms with E-state index >= 15 is 0 Å². The van der Waals surface area contributed by atoms with Crippen molar-refractivity contribution in [2.24, 2.45) is 0 Å². The van der Waals surface area contributed by atoms with Crippen molar-refractivity contribution < 1.29 is 13.9 Å². The summed E-state index contributed by atoms with van der Waals surface area (Å²) in [6.45, 7) is 3.95. The number of rotatable bonds is 5. The lowest BCUT2D eigenvalue weighted by Crippen LogP contribution is -2.36. The Morgan fingerprint density at radius 2 is 1.79 bits per heavy atom. The number of nitrogens with zero attached hydrogens (tertiary/aromatic N) is 1. The molecule has 0 radical (unpaired) electrons. The highest BCUT2D eigenvalue weighted by atomic mass is 16.5. The molecule has 1 N–H and O–H groups in total. The van der Waals surface area contributed by atoms with Gasteiger partial charge in [0.15, 0.2) is 0 Å². The zero-order valence-corrected chi connectivity index (χ0v) is 16.6. The fraction of sp³-hybridized carbons (Fsp3) is 0.375. The lowest BCUT2D eigenvalue weighted by Gasteiger charge is -2.28. The van der Waals surface area contributed by atoms with Gasteiger partial charge in [0.1, 0.15) is 5.58 Å². The van der Waals surface area contributed by atoms with E-state index in [1.165, 1.54) is 23.2 Å². The molecular weight excluding hydrogens is 364 g/mol. The number of carbonyl (C=O) groups is 1. The van der Waals surface area contributed by atoms with Gasteiger partial charge in [0.2, 0.25) is 5.91 Å². The minimum Gasteiger partial charge on any atom is -0.464 e. The Morgan fingerprint density at radius 1 is 1.03 bits per heavy atom. The summed E-state index contributed by atoms with van der Waals surface area (Å²) in [7, 11) is 0. The molecule has 1 aliphatic carbocycles. The maximum absolute atomic E-state index is 12.5. The molecule has 1 amide bonds. The molecule has 5 nitrogen and oxygen atoms in total. The molecule has 0 saturated carbocycles. The molecule has 1 aliphatic heterocycles. The van der Waals surface area contributed by atoms with E-state index in [1.807, 2.05) is 0 Å². The minimum atomic E-state index is 0.0189. The van der Waals surface area contributed by atoms with Gasteiger partial charge in [-0.1, -0.05) is 12.1 Å². The molecule has 0 bridgehead atoms. The predicted octanol–water partition coefficient (Wildman–Crippen LogP) is 3.62. The maximum atomic E-state index is 12.5. The molecular formula is C24H26N2O3. The first-order valence-electron chi connectivity index (χ1n) is 10.5. The molecule has 3 aromatic rings. The van der Waals surface area contributed by atoms with Crippen LogP contribution in [0.25, 0.3) is 11.0 Å². The Kier molecular flexibility index (Phi) is 4.98. The van der Waals surface area contributed by atoms with E-state index in [0.717, 1.165) is 61.2 Å². The van der Waals surface area contributed by atoms with Crippen LogP contribution in [0.15, 0.2) is 47.1 Å². The Balaban J connectivity index is 1.20. The van der Waals surface area contributed by atoms with Crippen molar-refractivity contribution >= 4 is 22.6 Å². The molecule has 5 rings (SSSR count). The zero-order valence-electron chi connectivity index (χ0n) is 16.6. The van der Waals surface area contributed by atoms with Crippen molar-refractivity contribution in [2.75, 3.05) is 31.2 Å². The van der Waals surface area contributed by atoms with Crippen LogP contribution in [-0.2, 0) is 35.3 Å². The summed E-state index contributed by atoms with van der Waals surface area (Å²) in [5.41, 5.74) is 6.97. The highest BCUT2D eigenvalue weighted by molar-refractivity contribution is 5.88. The number of amides is 1. The quantitative estimate of drug-likeness (QED) is 0.723. The van der Waals surface area contributed by atoms with Gasteiger partial charge in [-0.2, -0.15) is 0 Å². The van der Waals surface area contributed by atoms with E-state index in [1.54, 1.807) is 6.26 Å². The van der Waals surface area contributed by atoms with Crippen LogP contribution in [0.4, 0.5) is 5.69 Å². The molecule has 2 heterocycles. The third-order valence-electron chi connectivity index (χ3n) is 6.02. The molecule has 1 aromatic heterocycles. The summed E-state index contributed by atoms with van der Waals surface area (Å²) in [5.74, 6) is 0.0189. The van der Waals surface area contributed by atoms with Crippen LogP contribution < -0.4 is 10.2 Å². The fourth-order valence-corrected chi connectivity index (χ4v) is 4.37. The van der Waals surface area contributed by atoms with Crippen LogP contribution in [0, 0.1) is 0 Å². The third-order valence-corrected chi connectivity index (χ3v) is 6.02. The van der Waals surface area contributed by atoms with Crippen molar-refractivity contribution in [3.8, 4) is 0 Å². The smallest absolute Gasteiger partial charge is 0.224 e. The van der Waals surface area contributed by atoms with Gasteiger partial charge in [0.05, 0.1) is 25.9 Å². The number of furan rings is 1. The summed E-state index contributed by atoms with van der Waals surface area (Å²) in [6.07, 6.45) is 5.55. The van der Waals surface area contributed by atoms with Crippen LogP contribution in [0.3, 0.4) is 0 Å². The average molecular weight is 390 g/mol. The van der Waals surface area contributed by atoms with Gasteiger partial charge in [0.25, 0.3) is 0 Å². The number of fused-ring (bicyclic) bond motifs is 2. The van der Waals surface area contributed by atoms with Crippen LogP contribution >= 0.6 is 0 Å². The number of ether oxygens (including phenoxy) is 1. The monoisotopic (exact) mass is 390 g/mol. The molecule has 5 heteroatoms. The van der Waals surface area contributed by atoms with Crippen molar-refractivity contribution in [2.45, 2.75) is 32.2 Å². The summed E-state index contributed by atoms with van der Waals surface area (Å²) < 4.78 is 11.1. The summed E-state index contributed by atoms with van der Waals surface area (Å²) in [4.78, 5) is 14.8. The Bertz CT molecular complexity index is 1020. The van der Waals surface area contributed by atoms with Crippen LogP contribution in [0.2, 0.25) is 0 Å². The lowest BCUT2D eigenvalue weighted by atomic mass is 10.0. The maximum Gasteiger partial charge on any atom is 0.224 e. The zero-order chi connectivity index (χ0) is 19.6. The third kappa shape index (κ3) is 3.87. The lowest BCUT2D eigenvalue weighted by molar-refractivity contribution is -0.120. The standard InChI is InChI=1S/C24H26N2O3/c27-24(14-20-16-29-23-13-19-3-1-2-18(19)12-22(20)23)25-15-17-4-6-21(7-5-17)26-8-10-28-11-9-26/h4-7,12-13,16H,1-3,8-11,14-15H2,(H,25,27). The number of hydrogen-bond acceptors (Lipinski definition) is 4. The number of benzene rings is 2. The molecule has 1 fully saturated rings. The molecule has 2 aromatic carbocycles. The molecule has 2 aliphatic rings. The first kappa shape index (κ1) is 18.3. The fourth-order valence-electron chi connectivity index (χ4n) is 4.37. The molecule has 29 heavy (non-hydrogen) atoms. The molecule has 150 valence electrons. The van der Waals surface area contributed by atoms with Crippen LogP contribution in [-0.4, -0.2) is 32.2 Å². The molecule has 0 atom stereocenters. The van der Waals surface area contributed by atoms with Crippen molar-refractivity contribution in [3.63, 3.8) is 0 Å². The number of anilines is 1. The summed E-state index contributed by atoms with van der Waals surface area (Å²) >= 11 is 0. The van der Waals surface area contributed by atoms with Gasteiger partial charge in [-0.05, 0) is 60.2 Å². The summed E-state index contributed by atoms with van der Waals surface area (Å²) in [6, 6.07) is 12.8. The van der Waals surface area contributed by atoms with Gasteiger partial charge in [-0.25, -0.2) is 0 Å². The SMILES string of the molecule is O=C(Cc1coc2cc3c(cc12)CCC3)NCc1ccc(N2CCOCC2)cc1. The number of carbonyl (C=O) groups excluding carboxylic acids is 1. The van der Waals surface area contributed by atoms with Crippen LogP contribution in [0.1, 0.15) is 28.7 Å². The van der Waals surface area contributed by atoms with E-state index in [-0.39, 0.29) is 5.91 Å². The van der Waals surface area contributed by atoms with E-state index in [4.69, 9.17) is 9.15 Å². The number of aryl methyl sites for hydroxylation is 2. The predicted molar refractivity (Wildman–Crippen MR) is 113 cm³/mol. The number of morpholine rings is 1. The first-order chi connectivity index (χ1) is 14.3. The van der Waals surface area contributed by atoms with Gasteiger partial charge in [-0.3, -0.25) is 4.79 Å². The second-order valence-corrected chi connectivity index (χ2v) is 7.95. The van der Waals surface area contributed by atoms with E-state index in [0.29, 0.717) is 13.0 Å². The molecule has 0 spiro atoms.